The van der Waals surface area contributed by atoms with E-state index in [0.717, 1.165) is 31.2 Å². The summed E-state index contributed by atoms with van der Waals surface area (Å²) in [7, 11) is 0. The van der Waals surface area contributed by atoms with E-state index in [1.807, 2.05) is 24.3 Å². The van der Waals surface area contributed by atoms with E-state index in [9.17, 15) is 0 Å². The van der Waals surface area contributed by atoms with Gasteiger partial charge in [-0.25, -0.2) is 0 Å². The summed E-state index contributed by atoms with van der Waals surface area (Å²) in [5.74, 6) is 1.05. The fraction of sp³-hybridized carbons (Fsp3) is 0.467. The van der Waals surface area contributed by atoms with Crippen molar-refractivity contribution in [3.05, 3.63) is 35.1 Å². The largest absolute Gasteiger partial charge is 0.334 e. The standard InChI is InChI=1S/C15H18ClN3O/c16-12-8-4-3-7-11(12)13-18-14(19-20-13)15(17)9-5-1-2-6-10-15/h3-4,7-8H,1-2,5-6,9-10,17H2. The minimum absolute atomic E-state index is 0.444. The maximum absolute atomic E-state index is 6.49. The summed E-state index contributed by atoms with van der Waals surface area (Å²) in [5.41, 5.74) is 6.79. The van der Waals surface area contributed by atoms with Crippen LogP contribution in [0.5, 0.6) is 0 Å². The third-order valence-electron chi connectivity index (χ3n) is 3.97. The van der Waals surface area contributed by atoms with Crippen molar-refractivity contribution in [3.63, 3.8) is 0 Å². The number of hydrogen-bond donors (Lipinski definition) is 1. The molecule has 0 atom stereocenters. The highest BCUT2D eigenvalue weighted by atomic mass is 35.5. The van der Waals surface area contributed by atoms with Crippen LogP contribution in [0.3, 0.4) is 0 Å². The molecule has 0 radical (unpaired) electrons. The molecule has 3 rings (SSSR count). The quantitative estimate of drug-likeness (QED) is 0.852. The first kappa shape index (κ1) is 13.6. The highest BCUT2D eigenvalue weighted by Crippen LogP contribution is 2.34. The van der Waals surface area contributed by atoms with Gasteiger partial charge in [0.1, 0.15) is 0 Å². The Morgan fingerprint density at radius 2 is 1.80 bits per heavy atom. The van der Waals surface area contributed by atoms with E-state index in [2.05, 4.69) is 10.1 Å². The second-order valence-corrected chi connectivity index (χ2v) is 5.88. The SMILES string of the molecule is NC1(c2noc(-c3ccccc3Cl)n2)CCCCCC1. The summed E-state index contributed by atoms with van der Waals surface area (Å²) >= 11 is 6.16. The van der Waals surface area contributed by atoms with Crippen molar-refractivity contribution in [2.24, 2.45) is 5.73 Å². The number of nitrogens with zero attached hydrogens (tertiary/aromatic N) is 2. The molecule has 0 amide bonds. The smallest absolute Gasteiger partial charge is 0.259 e. The van der Waals surface area contributed by atoms with E-state index < -0.39 is 5.54 Å². The Balaban J connectivity index is 1.92. The molecule has 1 aliphatic rings. The second kappa shape index (κ2) is 5.54. The van der Waals surface area contributed by atoms with Crippen molar-refractivity contribution in [2.75, 3.05) is 0 Å². The van der Waals surface area contributed by atoms with Crippen LogP contribution in [-0.2, 0) is 5.54 Å². The average Bonchev–Trinajstić information content (AvgIpc) is 2.84. The van der Waals surface area contributed by atoms with Gasteiger partial charge in [-0.1, -0.05) is 54.6 Å². The van der Waals surface area contributed by atoms with Crippen molar-refractivity contribution in [3.8, 4) is 11.5 Å². The molecule has 4 nitrogen and oxygen atoms in total. The summed E-state index contributed by atoms with van der Waals surface area (Å²) in [4.78, 5) is 4.49. The molecule has 20 heavy (non-hydrogen) atoms. The Labute approximate surface area is 123 Å². The molecule has 0 unspecified atom stereocenters. The Bertz CT molecular complexity index is 588. The van der Waals surface area contributed by atoms with Crippen LogP contribution in [0.15, 0.2) is 28.8 Å². The highest BCUT2D eigenvalue weighted by Gasteiger charge is 2.33. The van der Waals surface area contributed by atoms with Gasteiger partial charge < -0.3 is 10.3 Å². The van der Waals surface area contributed by atoms with Crippen molar-refractivity contribution >= 4 is 11.6 Å². The van der Waals surface area contributed by atoms with Gasteiger partial charge >= 0.3 is 0 Å². The van der Waals surface area contributed by atoms with E-state index >= 15 is 0 Å². The summed E-state index contributed by atoms with van der Waals surface area (Å²) in [5, 5.41) is 4.71. The average molecular weight is 292 g/mol. The number of benzene rings is 1. The topological polar surface area (TPSA) is 64.9 Å². The van der Waals surface area contributed by atoms with E-state index in [-0.39, 0.29) is 0 Å². The van der Waals surface area contributed by atoms with Gasteiger partial charge in [0.05, 0.1) is 16.1 Å². The van der Waals surface area contributed by atoms with Gasteiger partial charge in [-0.05, 0) is 25.0 Å². The first-order valence-electron chi connectivity index (χ1n) is 7.07. The molecule has 1 aliphatic carbocycles. The third-order valence-corrected chi connectivity index (χ3v) is 4.30. The van der Waals surface area contributed by atoms with Crippen LogP contribution in [0.2, 0.25) is 5.02 Å². The third kappa shape index (κ3) is 2.58. The van der Waals surface area contributed by atoms with Crippen LogP contribution in [0.1, 0.15) is 44.3 Å². The van der Waals surface area contributed by atoms with Crippen LogP contribution in [0.4, 0.5) is 0 Å². The predicted molar refractivity (Wildman–Crippen MR) is 78.3 cm³/mol. The van der Waals surface area contributed by atoms with Gasteiger partial charge in [-0.15, -0.1) is 0 Å². The molecule has 5 heteroatoms. The predicted octanol–water partition coefficient (Wildman–Crippen LogP) is 3.90. The molecule has 1 aromatic heterocycles. The lowest BCUT2D eigenvalue weighted by Crippen LogP contribution is -2.37. The maximum Gasteiger partial charge on any atom is 0.259 e. The van der Waals surface area contributed by atoms with E-state index in [1.54, 1.807) is 0 Å². The normalized spacial score (nSPS) is 18.7. The van der Waals surface area contributed by atoms with Crippen molar-refractivity contribution in [2.45, 2.75) is 44.1 Å². The molecule has 2 aromatic rings. The summed E-state index contributed by atoms with van der Waals surface area (Å²) in [6, 6.07) is 7.45. The van der Waals surface area contributed by atoms with Gasteiger partial charge in [-0.3, -0.25) is 0 Å². The van der Waals surface area contributed by atoms with Crippen LogP contribution in [0, 0.1) is 0 Å². The van der Waals surface area contributed by atoms with Gasteiger partial charge in [0.25, 0.3) is 5.89 Å². The molecule has 1 heterocycles. The molecular formula is C15H18ClN3O. The van der Waals surface area contributed by atoms with Crippen LogP contribution in [0.25, 0.3) is 11.5 Å². The molecule has 0 bridgehead atoms. The summed E-state index contributed by atoms with van der Waals surface area (Å²) < 4.78 is 5.37. The van der Waals surface area contributed by atoms with E-state index in [0.29, 0.717) is 16.7 Å². The summed E-state index contributed by atoms with van der Waals surface area (Å²) in [6.07, 6.45) is 6.52. The highest BCUT2D eigenvalue weighted by molar-refractivity contribution is 6.33. The van der Waals surface area contributed by atoms with E-state index in [4.69, 9.17) is 21.9 Å². The first-order chi connectivity index (χ1) is 9.69. The minimum Gasteiger partial charge on any atom is -0.334 e. The van der Waals surface area contributed by atoms with Gasteiger partial charge in [0, 0.05) is 0 Å². The lowest BCUT2D eigenvalue weighted by Gasteiger charge is -2.23. The number of halogens is 1. The molecule has 0 aliphatic heterocycles. The van der Waals surface area contributed by atoms with Crippen LogP contribution < -0.4 is 5.73 Å². The number of aromatic nitrogens is 2. The fourth-order valence-electron chi connectivity index (χ4n) is 2.75. The first-order valence-corrected chi connectivity index (χ1v) is 7.45. The minimum atomic E-state index is -0.459. The zero-order valence-electron chi connectivity index (χ0n) is 11.3. The lowest BCUT2D eigenvalue weighted by atomic mass is 9.91. The molecule has 0 saturated heterocycles. The zero-order chi connectivity index (χ0) is 14.0. The Kier molecular flexibility index (Phi) is 3.76. The Morgan fingerprint density at radius 3 is 2.50 bits per heavy atom. The van der Waals surface area contributed by atoms with Gasteiger partial charge in [0.15, 0.2) is 5.82 Å². The number of rotatable bonds is 2. The number of nitrogens with two attached hydrogens (primary N) is 1. The zero-order valence-corrected chi connectivity index (χ0v) is 12.1. The second-order valence-electron chi connectivity index (χ2n) is 5.47. The lowest BCUT2D eigenvalue weighted by molar-refractivity contribution is 0.334. The van der Waals surface area contributed by atoms with Gasteiger partial charge in [-0.2, -0.15) is 4.98 Å². The molecule has 1 fully saturated rings. The van der Waals surface area contributed by atoms with Crippen LogP contribution >= 0.6 is 11.6 Å². The summed E-state index contributed by atoms with van der Waals surface area (Å²) in [6.45, 7) is 0. The van der Waals surface area contributed by atoms with Gasteiger partial charge in [0.2, 0.25) is 0 Å². The van der Waals surface area contributed by atoms with Crippen LogP contribution in [-0.4, -0.2) is 10.1 Å². The Hall–Kier alpha value is -1.39. The molecule has 2 N–H and O–H groups in total. The Morgan fingerprint density at radius 1 is 1.10 bits per heavy atom. The molecule has 106 valence electrons. The molecule has 1 aromatic carbocycles. The van der Waals surface area contributed by atoms with Crippen molar-refractivity contribution in [1.82, 2.24) is 10.1 Å². The monoisotopic (exact) mass is 291 g/mol. The van der Waals surface area contributed by atoms with E-state index in [1.165, 1.54) is 12.8 Å². The fourth-order valence-corrected chi connectivity index (χ4v) is 2.97. The molecular weight excluding hydrogens is 274 g/mol. The number of hydrogen-bond acceptors (Lipinski definition) is 4. The molecule has 0 spiro atoms. The molecule has 1 saturated carbocycles. The van der Waals surface area contributed by atoms with Crippen molar-refractivity contribution < 1.29 is 4.52 Å². The van der Waals surface area contributed by atoms with Crippen molar-refractivity contribution in [1.29, 1.82) is 0 Å². The maximum atomic E-state index is 6.49.